The zero-order chi connectivity index (χ0) is 9.64. The van der Waals surface area contributed by atoms with E-state index in [4.69, 9.17) is 14.6 Å². The minimum atomic E-state index is -0.621. The molecule has 2 aliphatic rings. The minimum absolute atomic E-state index is 0.0155. The first kappa shape index (κ1) is 9.40. The molecule has 0 amide bonds. The summed E-state index contributed by atoms with van der Waals surface area (Å²) in [6.45, 7) is 3.70. The van der Waals surface area contributed by atoms with Gasteiger partial charge in [-0.3, -0.25) is 0 Å². The molecule has 0 unspecified atom stereocenters. The Morgan fingerprint density at radius 2 is 1.92 bits per heavy atom. The van der Waals surface area contributed by atoms with Crippen LogP contribution in [0.1, 0.15) is 20.3 Å². The topological polar surface area (TPSA) is 58.9 Å². The van der Waals surface area contributed by atoms with Gasteiger partial charge in [0.05, 0.1) is 12.2 Å². The van der Waals surface area contributed by atoms with Gasteiger partial charge in [-0.2, -0.15) is 0 Å². The van der Waals surface area contributed by atoms with Gasteiger partial charge in [0.15, 0.2) is 5.79 Å². The van der Waals surface area contributed by atoms with E-state index in [0.29, 0.717) is 6.42 Å². The third-order valence-electron chi connectivity index (χ3n) is 2.79. The summed E-state index contributed by atoms with van der Waals surface area (Å²) in [7, 11) is 0. The van der Waals surface area contributed by atoms with Crippen molar-refractivity contribution in [2.24, 2.45) is 5.92 Å². The number of rotatable bonds is 1. The van der Waals surface area contributed by atoms with Gasteiger partial charge >= 0.3 is 0 Å². The molecule has 2 N–H and O–H groups in total. The van der Waals surface area contributed by atoms with Gasteiger partial charge in [-0.05, 0) is 20.3 Å². The van der Waals surface area contributed by atoms with Gasteiger partial charge in [-0.25, -0.2) is 0 Å². The second kappa shape index (κ2) is 2.92. The number of hydrogen-bond donors (Lipinski definition) is 2. The maximum absolute atomic E-state index is 9.62. The Kier molecular flexibility index (Phi) is 2.11. The van der Waals surface area contributed by atoms with Crippen LogP contribution < -0.4 is 0 Å². The average molecular weight is 188 g/mol. The van der Waals surface area contributed by atoms with Gasteiger partial charge in [-0.15, -0.1) is 0 Å². The zero-order valence-electron chi connectivity index (χ0n) is 7.93. The van der Waals surface area contributed by atoms with E-state index < -0.39 is 11.9 Å². The Morgan fingerprint density at radius 1 is 1.31 bits per heavy atom. The highest BCUT2D eigenvalue weighted by atomic mass is 16.8. The molecule has 0 spiro atoms. The maximum atomic E-state index is 9.62. The quantitative estimate of drug-likeness (QED) is 0.602. The van der Waals surface area contributed by atoms with E-state index in [2.05, 4.69) is 0 Å². The van der Waals surface area contributed by atoms with Crippen LogP contribution in [0, 0.1) is 5.92 Å². The third-order valence-corrected chi connectivity index (χ3v) is 2.79. The van der Waals surface area contributed by atoms with Crippen LogP contribution in [0.15, 0.2) is 0 Å². The molecule has 4 nitrogen and oxygen atoms in total. The number of hydrogen-bond acceptors (Lipinski definition) is 4. The van der Waals surface area contributed by atoms with E-state index in [-0.39, 0.29) is 24.7 Å². The lowest BCUT2D eigenvalue weighted by atomic mass is 10.1. The molecule has 0 aromatic heterocycles. The van der Waals surface area contributed by atoms with Crippen LogP contribution in [0.25, 0.3) is 0 Å². The lowest BCUT2D eigenvalue weighted by Crippen LogP contribution is -2.28. The van der Waals surface area contributed by atoms with Crippen molar-refractivity contribution in [1.82, 2.24) is 0 Å². The van der Waals surface area contributed by atoms with E-state index in [9.17, 15) is 5.11 Å². The van der Waals surface area contributed by atoms with Crippen LogP contribution >= 0.6 is 0 Å². The summed E-state index contributed by atoms with van der Waals surface area (Å²) in [6.07, 6.45) is -0.326. The molecule has 1 saturated carbocycles. The predicted molar refractivity (Wildman–Crippen MR) is 45.0 cm³/mol. The first-order valence-electron chi connectivity index (χ1n) is 4.68. The van der Waals surface area contributed by atoms with Crippen molar-refractivity contribution < 1.29 is 19.7 Å². The highest BCUT2D eigenvalue weighted by Crippen LogP contribution is 2.41. The molecule has 1 heterocycles. The molecule has 0 radical (unpaired) electrons. The molecule has 2 rings (SSSR count). The van der Waals surface area contributed by atoms with Crippen LogP contribution in [-0.2, 0) is 9.47 Å². The van der Waals surface area contributed by atoms with Crippen LogP contribution in [0.4, 0.5) is 0 Å². The highest BCUT2D eigenvalue weighted by molar-refractivity contribution is 4.97. The largest absolute Gasteiger partial charge is 0.396 e. The fraction of sp³-hybridized carbons (Fsp3) is 1.00. The standard InChI is InChI=1S/C9H16O4/c1-9(2)12-7-5(4-10)3-6(11)8(7)13-9/h5-8,10-11H,3-4H2,1-2H3/t5-,6+,7+,8-/m1/s1. The van der Waals surface area contributed by atoms with Gasteiger partial charge in [0.25, 0.3) is 0 Å². The van der Waals surface area contributed by atoms with Crippen molar-refractivity contribution in [1.29, 1.82) is 0 Å². The van der Waals surface area contributed by atoms with E-state index in [1.165, 1.54) is 0 Å². The molecule has 13 heavy (non-hydrogen) atoms. The molecule has 4 heteroatoms. The Morgan fingerprint density at radius 3 is 2.54 bits per heavy atom. The summed E-state index contributed by atoms with van der Waals surface area (Å²) in [4.78, 5) is 0. The van der Waals surface area contributed by atoms with Crippen LogP contribution in [-0.4, -0.2) is 40.9 Å². The van der Waals surface area contributed by atoms with Crippen molar-refractivity contribution >= 4 is 0 Å². The number of fused-ring (bicyclic) bond motifs is 1. The first-order valence-corrected chi connectivity index (χ1v) is 4.68. The lowest BCUT2D eigenvalue weighted by molar-refractivity contribution is -0.167. The van der Waals surface area contributed by atoms with Gasteiger partial charge in [0.1, 0.15) is 6.10 Å². The van der Waals surface area contributed by atoms with Crippen LogP contribution in [0.3, 0.4) is 0 Å². The lowest BCUT2D eigenvalue weighted by Gasteiger charge is -2.21. The maximum Gasteiger partial charge on any atom is 0.163 e. The molecule has 1 aliphatic carbocycles. The number of ether oxygens (including phenoxy) is 2. The van der Waals surface area contributed by atoms with Crippen molar-refractivity contribution in [3.63, 3.8) is 0 Å². The summed E-state index contributed by atoms with van der Waals surface area (Å²) in [5.74, 6) is -0.605. The molecular formula is C9H16O4. The monoisotopic (exact) mass is 188 g/mol. The third kappa shape index (κ3) is 1.48. The van der Waals surface area contributed by atoms with Crippen molar-refractivity contribution in [3.8, 4) is 0 Å². The van der Waals surface area contributed by atoms with Crippen LogP contribution in [0.2, 0.25) is 0 Å². The van der Waals surface area contributed by atoms with Crippen molar-refractivity contribution in [2.45, 2.75) is 44.4 Å². The molecule has 2 fully saturated rings. The van der Waals surface area contributed by atoms with Gasteiger partial charge < -0.3 is 19.7 Å². The Hall–Kier alpha value is -0.160. The zero-order valence-corrected chi connectivity index (χ0v) is 7.93. The minimum Gasteiger partial charge on any atom is -0.396 e. The second-order valence-electron chi connectivity index (χ2n) is 4.31. The molecule has 1 aliphatic heterocycles. The first-order chi connectivity index (χ1) is 6.03. The smallest absolute Gasteiger partial charge is 0.163 e. The average Bonchev–Trinajstić information content (AvgIpc) is 2.47. The van der Waals surface area contributed by atoms with E-state index in [1.807, 2.05) is 13.8 Å². The van der Waals surface area contributed by atoms with E-state index in [1.54, 1.807) is 0 Å². The molecular weight excluding hydrogens is 172 g/mol. The normalized spacial score (nSPS) is 48.0. The Bertz CT molecular complexity index is 204. The molecule has 76 valence electrons. The molecule has 4 atom stereocenters. The Balaban J connectivity index is 2.12. The van der Waals surface area contributed by atoms with Crippen molar-refractivity contribution in [2.75, 3.05) is 6.61 Å². The summed E-state index contributed by atoms with van der Waals surface area (Å²) < 4.78 is 11.1. The van der Waals surface area contributed by atoms with Gasteiger partial charge in [-0.1, -0.05) is 0 Å². The number of aliphatic hydroxyl groups is 2. The SMILES string of the molecule is CC1(C)O[C@H]2[C@@H](CO)C[C@H](O)[C@H]2O1. The summed E-state index contributed by atoms with van der Waals surface area (Å²) in [5.41, 5.74) is 0. The molecule has 0 aromatic rings. The fourth-order valence-corrected chi connectivity index (χ4v) is 2.24. The van der Waals surface area contributed by atoms with Crippen LogP contribution in [0.5, 0.6) is 0 Å². The molecule has 0 bridgehead atoms. The fourth-order valence-electron chi connectivity index (χ4n) is 2.24. The molecule has 0 aromatic carbocycles. The van der Waals surface area contributed by atoms with E-state index >= 15 is 0 Å². The summed E-state index contributed by atoms with van der Waals surface area (Å²) in [5, 5.41) is 18.7. The highest BCUT2D eigenvalue weighted by Gasteiger charge is 2.53. The Labute approximate surface area is 77.5 Å². The predicted octanol–water partition coefficient (Wildman–Crippen LogP) is -0.120. The van der Waals surface area contributed by atoms with Crippen molar-refractivity contribution in [3.05, 3.63) is 0 Å². The summed E-state index contributed by atoms with van der Waals surface area (Å²) >= 11 is 0. The van der Waals surface area contributed by atoms with E-state index in [0.717, 1.165) is 0 Å². The number of aliphatic hydroxyl groups excluding tert-OH is 2. The second-order valence-corrected chi connectivity index (χ2v) is 4.31. The summed E-state index contributed by atoms with van der Waals surface area (Å²) in [6, 6.07) is 0. The van der Waals surface area contributed by atoms with Gasteiger partial charge in [0.2, 0.25) is 0 Å². The van der Waals surface area contributed by atoms with Gasteiger partial charge in [0, 0.05) is 12.5 Å². The molecule has 1 saturated heterocycles.